The molecule has 0 amide bonds. The molecule has 10 nitrogen and oxygen atoms in total. The first-order chi connectivity index (χ1) is 15.0. The second-order valence-electron chi connectivity index (χ2n) is 6.76. The van der Waals surface area contributed by atoms with E-state index in [1.807, 2.05) is 6.92 Å². The molecule has 11 heteroatoms. The van der Waals surface area contributed by atoms with E-state index in [0.717, 1.165) is 6.42 Å². The molecule has 0 aliphatic rings. The molecule has 0 aliphatic carbocycles. The van der Waals surface area contributed by atoms with Crippen LogP contribution in [0.25, 0.3) is 11.5 Å². The lowest BCUT2D eigenvalue weighted by Crippen LogP contribution is -2.24. The van der Waals surface area contributed by atoms with Crippen LogP contribution >= 0.6 is 0 Å². The standard InChI is InChI=1S/C20H21FN8O2/c1-3-6-12-16(24-11-28-17(12)26-20(22)27-28)15(19(30)31-4-2)14-8-10-25-29(14)18-13(21)7-5-9-23-18/h5,7-11,15H,3-4,6H2,1-2H3,(H2,22,27). The smallest absolute Gasteiger partial charge is 0.321 e. The lowest BCUT2D eigenvalue weighted by atomic mass is 9.95. The molecule has 0 radical (unpaired) electrons. The van der Waals surface area contributed by atoms with Gasteiger partial charge in [0.05, 0.1) is 18.0 Å². The number of pyridine rings is 1. The largest absolute Gasteiger partial charge is 0.465 e. The maximum atomic E-state index is 14.5. The van der Waals surface area contributed by atoms with Crippen molar-refractivity contribution in [2.45, 2.75) is 32.6 Å². The second kappa shape index (κ2) is 8.46. The van der Waals surface area contributed by atoms with Crippen LogP contribution in [-0.4, -0.2) is 46.9 Å². The van der Waals surface area contributed by atoms with E-state index in [0.29, 0.717) is 29.0 Å². The van der Waals surface area contributed by atoms with Gasteiger partial charge in [-0.3, -0.25) is 4.79 Å². The van der Waals surface area contributed by atoms with Crippen LogP contribution < -0.4 is 5.73 Å². The van der Waals surface area contributed by atoms with Gasteiger partial charge in [0.25, 0.3) is 0 Å². The van der Waals surface area contributed by atoms with Gasteiger partial charge in [-0.25, -0.2) is 23.6 Å². The second-order valence-corrected chi connectivity index (χ2v) is 6.76. The summed E-state index contributed by atoms with van der Waals surface area (Å²) >= 11 is 0. The Balaban J connectivity index is 1.95. The normalized spacial score (nSPS) is 12.2. The molecule has 2 N–H and O–H groups in total. The highest BCUT2D eigenvalue weighted by Crippen LogP contribution is 2.31. The Bertz CT molecular complexity index is 1240. The van der Waals surface area contributed by atoms with Crippen LogP contribution in [0.1, 0.15) is 43.1 Å². The lowest BCUT2D eigenvalue weighted by molar-refractivity contribution is -0.144. The van der Waals surface area contributed by atoms with Gasteiger partial charge in [-0.05, 0) is 31.5 Å². The van der Waals surface area contributed by atoms with Crippen LogP contribution in [0.15, 0.2) is 36.9 Å². The summed E-state index contributed by atoms with van der Waals surface area (Å²) in [6.45, 7) is 3.89. The van der Waals surface area contributed by atoms with Crippen molar-refractivity contribution in [3.05, 3.63) is 59.7 Å². The third-order valence-electron chi connectivity index (χ3n) is 4.74. The van der Waals surface area contributed by atoms with Gasteiger partial charge in [-0.1, -0.05) is 13.3 Å². The molecule has 160 valence electrons. The Morgan fingerprint density at radius 2 is 2.10 bits per heavy atom. The highest BCUT2D eigenvalue weighted by Gasteiger charge is 2.33. The fourth-order valence-corrected chi connectivity index (χ4v) is 3.51. The minimum Gasteiger partial charge on any atom is -0.465 e. The fraction of sp³-hybridized carbons (Fsp3) is 0.300. The number of hydrogen-bond donors (Lipinski definition) is 1. The van der Waals surface area contributed by atoms with E-state index >= 15 is 0 Å². The number of hydrogen-bond acceptors (Lipinski definition) is 8. The highest BCUT2D eigenvalue weighted by atomic mass is 19.1. The number of esters is 1. The number of halogens is 1. The van der Waals surface area contributed by atoms with E-state index in [1.54, 1.807) is 13.0 Å². The van der Waals surface area contributed by atoms with Crippen molar-refractivity contribution in [3.8, 4) is 5.82 Å². The van der Waals surface area contributed by atoms with E-state index in [2.05, 4.69) is 25.1 Å². The van der Waals surface area contributed by atoms with Gasteiger partial charge in [-0.15, -0.1) is 5.10 Å². The molecule has 1 unspecified atom stereocenters. The molecule has 4 aromatic heterocycles. The zero-order valence-electron chi connectivity index (χ0n) is 17.1. The van der Waals surface area contributed by atoms with Crippen LogP contribution in [0.5, 0.6) is 0 Å². The Labute approximate surface area is 176 Å². The number of nitrogen functional groups attached to an aromatic ring is 1. The van der Waals surface area contributed by atoms with Crippen molar-refractivity contribution in [2.75, 3.05) is 12.3 Å². The van der Waals surface area contributed by atoms with Gasteiger partial charge in [0, 0.05) is 18.0 Å². The number of nitrogens with two attached hydrogens (primary N) is 1. The van der Waals surface area contributed by atoms with Crippen molar-refractivity contribution in [2.24, 2.45) is 0 Å². The van der Waals surface area contributed by atoms with Crippen LogP contribution in [0.3, 0.4) is 0 Å². The summed E-state index contributed by atoms with van der Waals surface area (Å²) in [4.78, 5) is 26.0. The van der Waals surface area contributed by atoms with Gasteiger partial charge in [0.1, 0.15) is 12.2 Å². The van der Waals surface area contributed by atoms with Crippen LogP contribution in [0.2, 0.25) is 0 Å². The summed E-state index contributed by atoms with van der Waals surface area (Å²) in [5.74, 6) is -2.01. The summed E-state index contributed by atoms with van der Waals surface area (Å²) in [6.07, 6.45) is 5.72. The lowest BCUT2D eigenvalue weighted by Gasteiger charge is -2.19. The first-order valence-electron chi connectivity index (χ1n) is 9.86. The molecule has 0 spiro atoms. The minimum absolute atomic E-state index is 0.0263. The van der Waals surface area contributed by atoms with Gasteiger partial charge < -0.3 is 10.5 Å². The van der Waals surface area contributed by atoms with Crippen molar-refractivity contribution < 1.29 is 13.9 Å². The molecular formula is C20H21FN8O2. The molecule has 0 saturated carbocycles. The van der Waals surface area contributed by atoms with E-state index in [-0.39, 0.29) is 18.4 Å². The van der Waals surface area contributed by atoms with E-state index in [4.69, 9.17) is 10.5 Å². The number of nitrogens with zero attached hydrogens (tertiary/aromatic N) is 7. The monoisotopic (exact) mass is 424 g/mol. The fourth-order valence-electron chi connectivity index (χ4n) is 3.51. The van der Waals surface area contributed by atoms with Gasteiger partial charge in [-0.2, -0.15) is 10.1 Å². The number of rotatable bonds is 7. The Morgan fingerprint density at radius 3 is 2.84 bits per heavy atom. The minimum atomic E-state index is -0.978. The number of carbonyl (C=O) groups is 1. The SMILES string of the molecule is CCCc1c(C(C(=O)OCC)c2ccnn2-c2ncccc2F)ncn2nc(N)nc12. The van der Waals surface area contributed by atoms with Crippen molar-refractivity contribution in [1.29, 1.82) is 0 Å². The van der Waals surface area contributed by atoms with Gasteiger partial charge in [0.2, 0.25) is 5.95 Å². The molecule has 31 heavy (non-hydrogen) atoms. The number of aromatic nitrogens is 7. The topological polar surface area (TPSA) is 126 Å². The number of fused-ring (bicyclic) bond motifs is 1. The summed E-state index contributed by atoms with van der Waals surface area (Å²) < 4.78 is 22.6. The third kappa shape index (κ3) is 3.69. The molecule has 1 atom stereocenters. The maximum Gasteiger partial charge on any atom is 0.321 e. The van der Waals surface area contributed by atoms with E-state index in [1.165, 1.54) is 40.1 Å². The summed E-state index contributed by atoms with van der Waals surface area (Å²) in [5.41, 5.74) is 7.79. The third-order valence-corrected chi connectivity index (χ3v) is 4.74. The predicted octanol–water partition coefficient (Wildman–Crippen LogP) is 2.07. The first kappa shape index (κ1) is 20.4. The number of anilines is 1. The molecule has 4 aromatic rings. The van der Waals surface area contributed by atoms with Crippen molar-refractivity contribution in [1.82, 2.24) is 34.3 Å². The maximum absolute atomic E-state index is 14.5. The first-order valence-corrected chi connectivity index (χ1v) is 9.86. The molecule has 0 aromatic carbocycles. The van der Waals surface area contributed by atoms with Crippen molar-refractivity contribution >= 4 is 17.6 Å². The average molecular weight is 424 g/mol. The van der Waals surface area contributed by atoms with E-state index < -0.39 is 17.7 Å². The van der Waals surface area contributed by atoms with E-state index in [9.17, 15) is 9.18 Å². The zero-order chi connectivity index (χ0) is 22.0. The van der Waals surface area contributed by atoms with Crippen LogP contribution in [0.4, 0.5) is 10.3 Å². The average Bonchev–Trinajstić information content (AvgIpc) is 3.37. The summed E-state index contributed by atoms with van der Waals surface area (Å²) in [6, 6.07) is 4.38. The molecule has 0 saturated heterocycles. The molecule has 0 aliphatic heterocycles. The molecular weight excluding hydrogens is 403 g/mol. The number of aryl methyl sites for hydroxylation is 1. The Hall–Kier alpha value is -3.89. The number of ether oxygens (including phenoxy) is 1. The summed E-state index contributed by atoms with van der Waals surface area (Å²) in [5, 5.41) is 8.31. The number of carbonyl (C=O) groups excluding carboxylic acids is 1. The Morgan fingerprint density at radius 1 is 1.26 bits per heavy atom. The van der Waals surface area contributed by atoms with Crippen LogP contribution in [-0.2, 0) is 16.0 Å². The molecule has 0 fully saturated rings. The van der Waals surface area contributed by atoms with Crippen molar-refractivity contribution in [3.63, 3.8) is 0 Å². The molecule has 0 bridgehead atoms. The zero-order valence-corrected chi connectivity index (χ0v) is 17.1. The highest BCUT2D eigenvalue weighted by molar-refractivity contribution is 5.82. The molecule has 4 heterocycles. The van der Waals surface area contributed by atoms with Crippen LogP contribution in [0, 0.1) is 5.82 Å². The predicted molar refractivity (Wildman–Crippen MR) is 109 cm³/mol. The van der Waals surface area contributed by atoms with Gasteiger partial charge in [0.15, 0.2) is 17.3 Å². The van der Waals surface area contributed by atoms with Gasteiger partial charge >= 0.3 is 5.97 Å². The Kier molecular flexibility index (Phi) is 5.56. The summed E-state index contributed by atoms with van der Waals surface area (Å²) in [7, 11) is 0. The molecule has 4 rings (SSSR count). The quantitative estimate of drug-likeness (QED) is 0.447.